The lowest BCUT2D eigenvalue weighted by molar-refractivity contribution is -0.129. The number of amides is 1. The van der Waals surface area contributed by atoms with E-state index in [4.69, 9.17) is 5.73 Å². The maximum atomic E-state index is 13.8. The lowest BCUT2D eigenvalue weighted by Crippen LogP contribution is -2.29. The molecule has 1 heterocycles. The van der Waals surface area contributed by atoms with E-state index in [1.807, 2.05) is 0 Å². The van der Waals surface area contributed by atoms with E-state index in [1.165, 1.54) is 13.0 Å². The van der Waals surface area contributed by atoms with Crippen LogP contribution in [0, 0.1) is 17.6 Å². The van der Waals surface area contributed by atoms with Crippen molar-refractivity contribution in [2.24, 2.45) is 11.7 Å². The molecule has 0 bridgehead atoms. The van der Waals surface area contributed by atoms with Gasteiger partial charge >= 0.3 is 0 Å². The van der Waals surface area contributed by atoms with Gasteiger partial charge in [0.1, 0.15) is 11.6 Å². The van der Waals surface area contributed by atoms with Crippen LogP contribution in [0.5, 0.6) is 0 Å². The second kappa shape index (κ2) is 5.65. The number of rotatable bonds is 3. The Hall–Kier alpha value is -1.49. The lowest BCUT2D eigenvalue weighted by Gasteiger charge is -2.23. The molecule has 0 saturated carbocycles. The first kappa shape index (κ1) is 13.9. The third kappa shape index (κ3) is 2.92. The minimum atomic E-state index is -0.484. The minimum absolute atomic E-state index is 0.117. The van der Waals surface area contributed by atoms with E-state index in [2.05, 4.69) is 0 Å². The zero-order chi connectivity index (χ0) is 14.0. The van der Waals surface area contributed by atoms with Gasteiger partial charge in [0.25, 0.3) is 0 Å². The summed E-state index contributed by atoms with van der Waals surface area (Å²) >= 11 is 0. The molecule has 0 aliphatic carbocycles. The summed E-state index contributed by atoms with van der Waals surface area (Å²) in [5, 5.41) is 0. The SMILES string of the molecule is CC(=O)N1CC(CCN)CC1c1cc(F)ccc1F. The van der Waals surface area contributed by atoms with Gasteiger partial charge in [0, 0.05) is 19.0 Å². The Balaban J connectivity index is 2.30. The fraction of sp³-hybridized carbons (Fsp3) is 0.500. The van der Waals surface area contributed by atoms with Gasteiger partial charge in [0.15, 0.2) is 0 Å². The zero-order valence-corrected chi connectivity index (χ0v) is 10.9. The first-order valence-corrected chi connectivity index (χ1v) is 6.45. The zero-order valence-electron chi connectivity index (χ0n) is 10.9. The van der Waals surface area contributed by atoms with Crippen LogP contribution in [0.15, 0.2) is 18.2 Å². The van der Waals surface area contributed by atoms with Crippen molar-refractivity contribution in [2.45, 2.75) is 25.8 Å². The highest BCUT2D eigenvalue weighted by atomic mass is 19.1. The van der Waals surface area contributed by atoms with Crippen molar-refractivity contribution < 1.29 is 13.6 Å². The Kier molecular flexibility index (Phi) is 4.14. The number of nitrogens with two attached hydrogens (primary N) is 1. The molecule has 3 nitrogen and oxygen atoms in total. The Morgan fingerprint density at radius 2 is 2.21 bits per heavy atom. The van der Waals surface area contributed by atoms with E-state index in [0.29, 0.717) is 19.5 Å². The van der Waals surface area contributed by atoms with Gasteiger partial charge in [-0.25, -0.2) is 8.78 Å². The third-order valence-electron chi connectivity index (χ3n) is 3.68. The summed E-state index contributed by atoms with van der Waals surface area (Å²) in [6, 6.07) is 2.99. The molecule has 2 N–H and O–H groups in total. The van der Waals surface area contributed by atoms with Crippen LogP contribution in [0.25, 0.3) is 0 Å². The molecule has 1 saturated heterocycles. The van der Waals surface area contributed by atoms with Crippen LogP contribution in [0.2, 0.25) is 0 Å². The Morgan fingerprint density at radius 1 is 1.47 bits per heavy atom. The fourth-order valence-corrected chi connectivity index (χ4v) is 2.78. The summed E-state index contributed by atoms with van der Waals surface area (Å²) < 4.78 is 27.1. The predicted molar refractivity (Wildman–Crippen MR) is 68.3 cm³/mol. The summed E-state index contributed by atoms with van der Waals surface area (Å²) in [4.78, 5) is 13.3. The molecule has 0 spiro atoms. The van der Waals surface area contributed by atoms with E-state index in [1.54, 1.807) is 4.90 Å². The number of likely N-dealkylation sites (tertiary alicyclic amines) is 1. The summed E-state index contributed by atoms with van der Waals surface area (Å²) in [5.74, 6) is -0.817. The average molecular weight is 268 g/mol. The largest absolute Gasteiger partial charge is 0.335 e. The quantitative estimate of drug-likeness (QED) is 0.913. The van der Waals surface area contributed by atoms with Crippen molar-refractivity contribution in [2.75, 3.05) is 13.1 Å². The summed E-state index contributed by atoms with van der Waals surface area (Å²) in [5.41, 5.74) is 5.79. The van der Waals surface area contributed by atoms with Gasteiger partial charge in [0.2, 0.25) is 5.91 Å². The maximum absolute atomic E-state index is 13.8. The van der Waals surface area contributed by atoms with E-state index in [-0.39, 0.29) is 23.4 Å². The number of halogens is 2. The van der Waals surface area contributed by atoms with Crippen LogP contribution in [0.4, 0.5) is 8.78 Å². The molecule has 0 radical (unpaired) electrons. The van der Waals surface area contributed by atoms with E-state index in [0.717, 1.165) is 18.6 Å². The van der Waals surface area contributed by atoms with Gasteiger partial charge in [-0.1, -0.05) is 0 Å². The number of hydrogen-bond acceptors (Lipinski definition) is 2. The van der Waals surface area contributed by atoms with Crippen molar-refractivity contribution in [1.29, 1.82) is 0 Å². The number of benzene rings is 1. The van der Waals surface area contributed by atoms with Gasteiger partial charge in [-0.3, -0.25) is 4.79 Å². The molecule has 2 unspecified atom stereocenters. The molecule has 0 aromatic heterocycles. The van der Waals surface area contributed by atoms with Crippen LogP contribution in [0.1, 0.15) is 31.4 Å². The van der Waals surface area contributed by atoms with Crippen LogP contribution in [-0.4, -0.2) is 23.9 Å². The topological polar surface area (TPSA) is 46.3 Å². The standard InChI is InChI=1S/C14H18F2N2O/c1-9(19)18-8-10(4-5-17)6-14(18)12-7-11(15)2-3-13(12)16/h2-3,7,10,14H,4-6,8,17H2,1H3. The molecule has 5 heteroatoms. The van der Waals surface area contributed by atoms with Crippen molar-refractivity contribution in [3.63, 3.8) is 0 Å². The second-order valence-corrected chi connectivity index (χ2v) is 5.03. The number of carbonyl (C=O) groups excluding carboxylic acids is 1. The maximum Gasteiger partial charge on any atom is 0.219 e. The van der Waals surface area contributed by atoms with E-state index in [9.17, 15) is 13.6 Å². The van der Waals surface area contributed by atoms with Gasteiger partial charge in [-0.15, -0.1) is 0 Å². The highest BCUT2D eigenvalue weighted by Gasteiger charge is 2.35. The number of carbonyl (C=O) groups is 1. The van der Waals surface area contributed by atoms with E-state index >= 15 is 0 Å². The number of nitrogens with zero attached hydrogens (tertiary/aromatic N) is 1. The monoisotopic (exact) mass is 268 g/mol. The molecule has 1 fully saturated rings. The third-order valence-corrected chi connectivity index (χ3v) is 3.68. The predicted octanol–water partition coefficient (Wildman–Crippen LogP) is 2.22. The molecular formula is C14H18F2N2O. The molecule has 2 rings (SSSR count). The smallest absolute Gasteiger partial charge is 0.219 e. The van der Waals surface area contributed by atoms with Gasteiger partial charge < -0.3 is 10.6 Å². The first-order valence-electron chi connectivity index (χ1n) is 6.45. The van der Waals surface area contributed by atoms with Gasteiger partial charge in [-0.2, -0.15) is 0 Å². The molecule has 1 aliphatic rings. The molecule has 2 atom stereocenters. The molecule has 1 amide bonds. The highest BCUT2D eigenvalue weighted by Crippen LogP contribution is 2.37. The van der Waals surface area contributed by atoms with E-state index < -0.39 is 11.6 Å². The summed E-state index contributed by atoms with van der Waals surface area (Å²) in [6.45, 7) is 2.55. The fourth-order valence-electron chi connectivity index (χ4n) is 2.78. The molecule has 1 aromatic carbocycles. The Bertz CT molecular complexity index is 479. The van der Waals surface area contributed by atoms with Gasteiger partial charge in [0.05, 0.1) is 6.04 Å². The lowest BCUT2D eigenvalue weighted by atomic mass is 9.97. The molecule has 19 heavy (non-hydrogen) atoms. The van der Waals surface area contributed by atoms with Crippen molar-refractivity contribution >= 4 is 5.91 Å². The molecule has 1 aliphatic heterocycles. The Labute approximate surface area is 111 Å². The molecule has 1 aromatic rings. The normalized spacial score (nSPS) is 22.8. The summed E-state index contributed by atoms with van der Waals surface area (Å²) in [6.07, 6.45) is 1.42. The van der Waals surface area contributed by atoms with Crippen LogP contribution in [0.3, 0.4) is 0 Å². The van der Waals surface area contributed by atoms with Gasteiger partial charge in [-0.05, 0) is 43.5 Å². The minimum Gasteiger partial charge on any atom is -0.335 e. The summed E-state index contributed by atoms with van der Waals surface area (Å²) in [7, 11) is 0. The highest BCUT2D eigenvalue weighted by molar-refractivity contribution is 5.74. The molecular weight excluding hydrogens is 250 g/mol. The van der Waals surface area contributed by atoms with Crippen LogP contribution in [-0.2, 0) is 4.79 Å². The van der Waals surface area contributed by atoms with Crippen LogP contribution < -0.4 is 5.73 Å². The van der Waals surface area contributed by atoms with Crippen molar-refractivity contribution in [3.05, 3.63) is 35.4 Å². The number of hydrogen-bond donors (Lipinski definition) is 1. The Morgan fingerprint density at radius 3 is 2.84 bits per heavy atom. The van der Waals surface area contributed by atoms with Crippen molar-refractivity contribution in [3.8, 4) is 0 Å². The first-order chi connectivity index (χ1) is 9.02. The average Bonchev–Trinajstić information content (AvgIpc) is 2.77. The van der Waals surface area contributed by atoms with Crippen molar-refractivity contribution in [1.82, 2.24) is 4.90 Å². The van der Waals surface area contributed by atoms with Crippen LogP contribution >= 0.6 is 0 Å². The second-order valence-electron chi connectivity index (χ2n) is 5.03. The molecule has 104 valence electrons.